The minimum atomic E-state index is -0.369. The van der Waals surface area contributed by atoms with Gasteiger partial charge < -0.3 is 15.4 Å². The Kier molecular flexibility index (Phi) is 6.65. The van der Waals surface area contributed by atoms with Gasteiger partial charge in [0.2, 0.25) is 5.91 Å². The summed E-state index contributed by atoms with van der Waals surface area (Å²) < 4.78 is 4.90. The van der Waals surface area contributed by atoms with Gasteiger partial charge in [0.25, 0.3) is 0 Å². The molecule has 0 aromatic rings. The number of aliphatic imine (C=N–C) groups is 1. The highest BCUT2D eigenvalue weighted by atomic mass is 32.2. The third kappa shape index (κ3) is 5.40. The van der Waals surface area contributed by atoms with Crippen LogP contribution >= 0.6 is 11.8 Å². The summed E-state index contributed by atoms with van der Waals surface area (Å²) in [5, 5.41) is 7.12. The molecule has 1 amide bonds. The number of ether oxygens (including phenoxy) is 1. The number of rotatable bonds is 6. The van der Waals surface area contributed by atoms with E-state index in [9.17, 15) is 4.79 Å². The van der Waals surface area contributed by atoms with Gasteiger partial charge in [0.15, 0.2) is 5.17 Å². The lowest BCUT2D eigenvalue weighted by Crippen LogP contribution is -2.48. The van der Waals surface area contributed by atoms with Gasteiger partial charge in [0, 0.05) is 24.9 Å². The Morgan fingerprint density at radius 1 is 1.68 bits per heavy atom. The van der Waals surface area contributed by atoms with Crippen LogP contribution in [0.4, 0.5) is 0 Å². The van der Waals surface area contributed by atoms with Gasteiger partial charge >= 0.3 is 0 Å². The molecule has 1 rings (SSSR count). The first kappa shape index (κ1) is 16.3. The highest BCUT2D eigenvalue weighted by molar-refractivity contribution is 8.13. The monoisotopic (exact) mass is 287 g/mol. The first-order chi connectivity index (χ1) is 9.00. The minimum absolute atomic E-state index is 0.0595. The van der Waals surface area contributed by atoms with Crippen molar-refractivity contribution >= 4 is 22.8 Å². The molecule has 19 heavy (non-hydrogen) atoms. The van der Waals surface area contributed by atoms with Crippen molar-refractivity contribution in [2.45, 2.75) is 45.2 Å². The van der Waals surface area contributed by atoms with Crippen LogP contribution in [0.3, 0.4) is 0 Å². The summed E-state index contributed by atoms with van der Waals surface area (Å²) in [6.45, 7) is 7.23. The number of thioether (sulfide) groups is 1. The van der Waals surface area contributed by atoms with E-state index in [-0.39, 0.29) is 17.5 Å². The minimum Gasteiger partial charge on any atom is -0.383 e. The maximum atomic E-state index is 11.8. The summed E-state index contributed by atoms with van der Waals surface area (Å²) in [6.07, 6.45) is 2.18. The topological polar surface area (TPSA) is 62.7 Å². The first-order valence-electron chi connectivity index (χ1n) is 6.76. The Hall–Kier alpha value is -0.750. The molecule has 1 saturated heterocycles. The average Bonchev–Trinajstić information content (AvgIpc) is 2.39. The van der Waals surface area contributed by atoms with Crippen molar-refractivity contribution in [1.82, 2.24) is 10.6 Å². The number of amidine groups is 1. The Morgan fingerprint density at radius 3 is 3.05 bits per heavy atom. The van der Waals surface area contributed by atoms with Gasteiger partial charge in [-0.15, -0.1) is 0 Å². The zero-order chi connectivity index (χ0) is 14.3. The van der Waals surface area contributed by atoms with E-state index in [1.807, 2.05) is 6.92 Å². The van der Waals surface area contributed by atoms with Crippen LogP contribution in [0.25, 0.3) is 0 Å². The highest BCUT2D eigenvalue weighted by Gasteiger charge is 2.28. The molecular formula is C13H25N3O2S. The Balaban J connectivity index is 2.51. The lowest BCUT2D eigenvalue weighted by molar-refractivity contribution is -0.122. The predicted molar refractivity (Wildman–Crippen MR) is 80.7 cm³/mol. The van der Waals surface area contributed by atoms with E-state index in [2.05, 4.69) is 29.5 Å². The predicted octanol–water partition coefficient (Wildman–Crippen LogP) is 1.39. The summed E-state index contributed by atoms with van der Waals surface area (Å²) in [7, 11) is 1.62. The van der Waals surface area contributed by atoms with E-state index in [1.165, 1.54) is 0 Å². The Morgan fingerprint density at radius 2 is 2.42 bits per heavy atom. The van der Waals surface area contributed by atoms with Crippen LogP contribution in [0.5, 0.6) is 0 Å². The number of hydrogen-bond acceptors (Lipinski definition) is 4. The van der Waals surface area contributed by atoms with Crippen molar-refractivity contribution in [3.63, 3.8) is 0 Å². The summed E-state index contributed by atoms with van der Waals surface area (Å²) in [6, 6.07) is -0.369. The molecule has 2 atom stereocenters. The van der Waals surface area contributed by atoms with Crippen molar-refractivity contribution in [3.8, 4) is 0 Å². The lowest BCUT2D eigenvalue weighted by Gasteiger charge is -2.35. The molecule has 110 valence electrons. The van der Waals surface area contributed by atoms with Gasteiger partial charge in [-0.25, -0.2) is 4.99 Å². The van der Waals surface area contributed by atoms with Crippen molar-refractivity contribution in [2.24, 2.45) is 4.99 Å². The normalized spacial score (nSPS) is 26.8. The fourth-order valence-electron chi connectivity index (χ4n) is 1.72. The maximum Gasteiger partial charge on any atom is 0.244 e. The maximum absolute atomic E-state index is 11.8. The highest BCUT2D eigenvalue weighted by Crippen LogP contribution is 2.25. The lowest BCUT2D eigenvalue weighted by atomic mass is 9.96. The number of carbonyl (C=O) groups excluding carboxylic acids is 1. The second-order valence-electron chi connectivity index (χ2n) is 5.03. The molecule has 0 radical (unpaired) electrons. The van der Waals surface area contributed by atoms with Crippen molar-refractivity contribution in [1.29, 1.82) is 0 Å². The van der Waals surface area contributed by atoms with E-state index in [0.717, 1.165) is 23.8 Å². The molecule has 2 unspecified atom stereocenters. The Labute approximate surface area is 120 Å². The molecule has 0 aliphatic carbocycles. The second-order valence-corrected chi connectivity index (χ2v) is 6.12. The van der Waals surface area contributed by atoms with Gasteiger partial charge in [0.1, 0.15) is 6.04 Å². The molecule has 0 aromatic carbocycles. The number of methoxy groups -OCH3 is 1. The van der Waals surface area contributed by atoms with Crippen molar-refractivity contribution < 1.29 is 9.53 Å². The van der Waals surface area contributed by atoms with Crippen molar-refractivity contribution in [2.75, 3.05) is 26.0 Å². The summed E-state index contributed by atoms with van der Waals surface area (Å²) in [4.78, 5) is 16.3. The van der Waals surface area contributed by atoms with Crippen LogP contribution in [0.15, 0.2) is 4.99 Å². The van der Waals surface area contributed by atoms with Crippen LogP contribution in [0.2, 0.25) is 0 Å². The summed E-state index contributed by atoms with van der Waals surface area (Å²) in [5.74, 6) is 0.990. The van der Waals surface area contributed by atoms with Gasteiger partial charge in [-0.1, -0.05) is 18.7 Å². The fraction of sp³-hybridized carbons (Fsp3) is 0.846. The largest absolute Gasteiger partial charge is 0.383 e. The summed E-state index contributed by atoms with van der Waals surface area (Å²) >= 11 is 1.69. The number of carbonyl (C=O) groups is 1. The molecule has 1 aliphatic heterocycles. The van der Waals surface area contributed by atoms with Gasteiger partial charge in [-0.2, -0.15) is 0 Å². The molecule has 0 spiro atoms. The second kappa shape index (κ2) is 7.75. The van der Waals surface area contributed by atoms with E-state index < -0.39 is 0 Å². The zero-order valence-corrected chi connectivity index (χ0v) is 13.1. The molecule has 1 heterocycles. The standard InChI is InChI=1S/C13H25N3O2S/c1-5-13(3)6-9-19-12(16-13)15-10(2)11(17)14-7-8-18-4/h10H,5-9H2,1-4H3,(H,14,17)(H,15,16). The van der Waals surface area contributed by atoms with Gasteiger partial charge in [0.05, 0.1) is 6.61 Å². The van der Waals surface area contributed by atoms with E-state index in [1.54, 1.807) is 18.9 Å². The van der Waals surface area contributed by atoms with Crippen molar-refractivity contribution in [3.05, 3.63) is 0 Å². The third-order valence-corrected chi connectivity index (χ3v) is 4.27. The summed E-state index contributed by atoms with van der Waals surface area (Å²) in [5.41, 5.74) is 0.107. The SMILES string of the molecule is CCC1(C)CCSC(=NC(C)C(=O)NCCOC)N1. The smallest absolute Gasteiger partial charge is 0.244 e. The first-order valence-corrected chi connectivity index (χ1v) is 7.75. The Bertz CT molecular complexity index is 336. The number of hydrogen-bond donors (Lipinski definition) is 2. The van der Waals surface area contributed by atoms with E-state index in [0.29, 0.717) is 13.2 Å². The third-order valence-electron chi connectivity index (χ3n) is 3.38. The molecule has 0 aromatic heterocycles. The molecule has 0 bridgehead atoms. The molecule has 5 nitrogen and oxygen atoms in total. The van der Waals surface area contributed by atoms with Crippen LogP contribution in [-0.4, -0.2) is 48.7 Å². The molecular weight excluding hydrogens is 262 g/mol. The number of nitrogens with zero attached hydrogens (tertiary/aromatic N) is 1. The number of amides is 1. The van der Waals surface area contributed by atoms with E-state index >= 15 is 0 Å². The van der Waals surface area contributed by atoms with Gasteiger partial charge in [-0.05, 0) is 26.7 Å². The number of nitrogens with one attached hydrogen (secondary N) is 2. The molecule has 1 fully saturated rings. The van der Waals surface area contributed by atoms with Crippen LogP contribution in [0.1, 0.15) is 33.6 Å². The fourth-order valence-corrected chi connectivity index (χ4v) is 3.02. The van der Waals surface area contributed by atoms with Crippen LogP contribution in [-0.2, 0) is 9.53 Å². The van der Waals surface area contributed by atoms with Crippen LogP contribution < -0.4 is 10.6 Å². The molecule has 1 aliphatic rings. The zero-order valence-electron chi connectivity index (χ0n) is 12.3. The van der Waals surface area contributed by atoms with Crippen LogP contribution in [0, 0.1) is 0 Å². The molecule has 6 heteroatoms. The molecule has 2 N–H and O–H groups in total. The average molecular weight is 287 g/mol. The quantitative estimate of drug-likeness (QED) is 0.725. The van der Waals surface area contributed by atoms with Gasteiger partial charge in [-0.3, -0.25) is 4.79 Å². The molecule has 0 saturated carbocycles. The van der Waals surface area contributed by atoms with E-state index in [4.69, 9.17) is 4.74 Å².